The van der Waals surface area contributed by atoms with Crippen LogP contribution >= 0.6 is 0 Å². The Hall–Kier alpha value is -1.33. The van der Waals surface area contributed by atoms with E-state index in [0.29, 0.717) is 12.3 Å². The molecule has 0 aliphatic rings. The van der Waals surface area contributed by atoms with Gasteiger partial charge in [-0.25, -0.2) is 4.79 Å². The van der Waals surface area contributed by atoms with E-state index in [-0.39, 0.29) is 18.2 Å². The van der Waals surface area contributed by atoms with Crippen LogP contribution in [0, 0.1) is 0 Å². The van der Waals surface area contributed by atoms with Crippen LogP contribution in [0.15, 0.2) is 16.7 Å². The lowest BCUT2D eigenvalue weighted by Crippen LogP contribution is -2.28. The molecule has 1 heterocycles. The fraction of sp³-hybridized carbons (Fsp3) is 0.444. The van der Waals surface area contributed by atoms with E-state index in [0.717, 1.165) is 0 Å². The van der Waals surface area contributed by atoms with E-state index in [9.17, 15) is 4.79 Å². The predicted molar refractivity (Wildman–Crippen MR) is 49.1 cm³/mol. The molecule has 14 heavy (non-hydrogen) atoms. The van der Waals surface area contributed by atoms with Crippen LogP contribution in [-0.2, 0) is 6.54 Å². The number of furan rings is 1. The van der Waals surface area contributed by atoms with Crippen LogP contribution in [0.1, 0.15) is 23.0 Å². The summed E-state index contributed by atoms with van der Waals surface area (Å²) in [5.74, 6) is -0.460. The van der Waals surface area contributed by atoms with Crippen LogP contribution in [-0.4, -0.2) is 28.8 Å². The van der Waals surface area contributed by atoms with Gasteiger partial charge in [0.25, 0.3) is 0 Å². The Bertz CT molecular complexity index is 308. The fourth-order valence-electron chi connectivity index (χ4n) is 0.925. The van der Waals surface area contributed by atoms with Crippen molar-refractivity contribution in [3.63, 3.8) is 0 Å². The Morgan fingerprint density at radius 1 is 1.71 bits per heavy atom. The Kier molecular flexibility index (Phi) is 3.67. The zero-order chi connectivity index (χ0) is 10.6. The average Bonchev–Trinajstić information content (AvgIpc) is 2.62. The van der Waals surface area contributed by atoms with Gasteiger partial charge in [0.05, 0.1) is 18.7 Å². The Morgan fingerprint density at radius 2 is 2.43 bits per heavy atom. The van der Waals surface area contributed by atoms with E-state index in [4.69, 9.17) is 14.6 Å². The lowest BCUT2D eigenvalue weighted by Gasteiger charge is -2.07. The van der Waals surface area contributed by atoms with Gasteiger partial charge in [-0.3, -0.25) is 0 Å². The second-order valence-corrected chi connectivity index (χ2v) is 3.07. The molecule has 0 unspecified atom stereocenters. The number of hydrogen-bond donors (Lipinski definition) is 3. The van der Waals surface area contributed by atoms with Gasteiger partial charge in [-0.05, 0) is 13.0 Å². The van der Waals surface area contributed by atoms with Gasteiger partial charge in [0.15, 0.2) is 0 Å². The highest BCUT2D eigenvalue weighted by atomic mass is 16.4. The predicted octanol–water partition coefficient (Wildman–Crippen LogP) is 0.448. The third kappa shape index (κ3) is 2.86. The standard InChI is InChI=1S/C9H13NO4/c1-6(4-11)10-3-8-2-7(5-14-8)9(12)13/h2,5-6,10-11H,3-4H2,1H3,(H,12,13)/t6-/m1/s1. The molecule has 0 radical (unpaired) electrons. The minimum absolute atomic E-state index is 0.0339. The van der Waals surface area contributed by atoms with Crippen LogP contribution in [0.5, 0.6) is 0 Å². The van der Waals surface area contributed by atoms with Crippen molar-refractivity contribution >= 4 is 5.97 Å². The van der Waals surface area contributed by atoms with E-state index in [1.54, 1.807) is 0 Å². The van der Waals surface area contributed by atoms with Gasteiger partial charge < -0.3 is 19.9 Å². The molecule has 0 aliphatic carbocycles. The number of aromatic carboxylic acids is 1. The first kappa shape index (κ1) is 10.7. The molecule has 0 aliphatic heterocycles. The first-order valence-corrected chi connectivity index (χ1v) is 4.28. The summed E-state index contributed by atoms with van der Waals surface area (Å²) in [6, 6.07) is 1.42. The molecule has 0 bridgehead atoms. The highest BCUT2D eigenvalue weighted by molar-refractivity contribution is 5.87. The lowest BCUT2D eigenvalue weighted by atomic mass is 10.3. The van der Waals surface area contributed by atoms with E-state index < -0.39 is 5.97 Å². The van der Waals surface area contributed by atoms with Crippen LogP contribution in [0.4, 0.5) is 0 Å². The van der Waals surface area contributed by atoms with Gasteiger partial charge in [-0.1, -0.05) is 0 Å². The summed E-state index contributed by atoms with van der Waals surface area (Å²) in [5, 5.41) is 20.3. The quantitative estimate of drug-likeness (QED) is 0.641. The van der Waals surface area contributed by atoms with Crippen molar-refractivity contribution in [3.05, 3.63) is 23.7 Å². The second-order valence-electron chi connectivity index (χ2n) is 3.07. The van der Waals surface area contributed by atoms with Crippen LogP contribution in [0.3, 0.4) is 0 Å². The van der Waals surface area contributed by atoms with E-state index in [1.807, 2.05) is 6.92 Å². The maximum Gasteiger partial charge on any atom is 0.338 e. The number of carboxylic acid groups (broad SMARTS) is 1. The number of carbonyl (C=O) groups is 1. The Morgan fingerprint density at radius 3 is 2.93 bits per heavy atom. The largest absolute Gasteiger partial charge is 0.478 e. The molecular weight excluding hydrogens is 186 g/mol. The molecule has 78 valence electrons. The number of aliphatic hydroxyl groups is 1. The first-order chi connectivity index (χ1) is 6.63. The SMILES string of the molecule is C[C@H](CO)NCc1cc(C(=O)O)co1. The smallest absolute Gasteiger partial charge is 0.338 e. The highest BCUT2D eigenvalue weighted by Crippen LogP contribution is 2.07. The minimum atomic E-state index is -1.00. The molecule has 1 aromatic rings. The van der Waals surface area contributed by atoms with Gasteiger partial charge in [0.2, 0.25) is 0 Å². The van der Waals surface area contributed by atoms with Crippen molar-refractivity contribution in [1.82, 2.24) is 5.32 Å². The fourth-order valence-corrected chi connectivity index (χ4v) is 0.925. The zero-order valence-electron chi connectivity index (χ0n) is 7.86. The molecule has 0 saturated heterocycles. The normalized spacial score (nSPS) is 12.7. The minimum Gasteiger partial charge on any atom is -0.478 e. The molecular formula is C9H13NO4. The second kappa shape index (κ2) is 4.78. The molecule has 1 aromatic heterocycles. The van der Waals surface area contributed by atoms with Crippen molar-refractivity contribution in [2.45, 2.75) is 19.5 Å². The van der Waals surface area contributed by atoms with Crippen molar-refractivity contribution in [3.8, 4) is 0 Å². The zero-order valence-corrected chi connectivity index (χ0v) is 7.86. The number of rotatable bonds is 5. The maximum absolute atomic E-state index is 10.5. The Labute approximate surface area is 81.4 Å². The van der Waals surface area contributed by atoms with Crippen molar-refractivity contribution < 1.29 is 19.4 Å². The third-order valence-corrected chi connectivity index (χ3v) is 1.80. The number of nitrogens with one attached hydrogen (secondary N) is 1. The average molecular weight is 199 g/mol. The molecule has 3 N–H and O–H groups in total. The van der Waals surface area contributed by atoms with E-state index in [2.05, 4.69) is 5.32 Å². The Balaban J connectivity index is 2.48. The summed E-state index contributed by atoms with van der Waals surface area (Å²) in [7, 11) is 0. The molecule has 1 rings (SSSR count). The van der Waals surface area contributed by atoms with Crippen LogP contribution in [0.25, 0.3) is 0 Å². The van der Waals surface area contributed by atoms with Gasteiger partial charge >= 0.3 is 5.97 Å². The molecule has 0 fully saturated rings. The number of aliphatic hydroxyl groups excluding tert-OH is 1. The summed E-state index contributed by atoms with van der Waals surface area (Å²) in [5.41, 5.74) is 0.137. The topological polar surface area (TPSA) is 82.7 Å². The maximum atomic E-state index is 10.5. The van der Waals surface area contributed by atoms with E-state index in [1.165, 1.54) is 12.3 Å². The van der Waals surface area contributed by atoms with Crippen LogP contribution in [0.2, 0.25) is 0 Å². The molecule has 0 spiro atoms. The third-order valence-electron chi connectivity index (χ3n) is 1.80. The number of hydrogen-bond acceptors (Lipinski definition) is 4. The summed E-state index contributed by atoms with van der Waals surface area (Å²) in [4.78, 5) is 10.5. The van der Waals surface area contributed by atoms with Crippen molar-refractivity contribution in [1.29, 1.82) is 0 Å². The number of carboxylic acids is 1. The summed E-state index contributed by atoms with van der Waals surface area (Å²) < 4.78 is 5.00. The highest BCUT2D eigenvalue weighted by Gasteiger charge is 2.08. The summed E-state index contributed by atoms with van der Waals surface area (Å²) in [6.07, 6.45) is 1.20. The van der Waals surface area contributed by atoms with Crippen molar-refractivity contribution in [2.75, 3.05) is 6.61 Å². The monoisotopic (exact) mass is 199 g/mol. The van der Waals surface area contributed by atoms with Gasteiger partial charge in [0, 0.05) is 6.04 Å². The molecule has 0 amide bonds. The summed E-state index contributed by atoms with van der Waals surface area (Å²) >= 11 is 0. The molecule has 5 nitrogen and oxygen atoms in total. The van der Waals surface area contributed by atoms with Crippen LogP contribution < -0.4 is 5.32 Å². The molecule has 0 aromatic carbocycles. The lowest BCUT2D eigenvalue weighted by molar-refractivity contribution is 0.0696. The summed E-state index contributed by atoms with van der Waals surface area (Å²) in [6.45, 7) is 2.27. The molecule has 1 atom stereocenters. The van der Waals surface area contributed by atoms with Crippen molar-refractivity contribution in [2.24, 2.45) is 0 Å². The first-order valence-electron chi connectivity index (χ1n) is 4.28. The van der Waals surface area contributed by atoms with Gasteiger partial charge in [-0.15, -0.1) is 0 Å². The molecule has 0 saturated carbocycles. The van der Waals surface area contributed by atoms with E-state index >= 15 is 0 Å². The van der Waals surface area contributed by atoms with Gasteiger partial charge in [-0.2, -0.15) is 0 Å². The van der Waals surface area contributed by atoms with Gasteiger partial charge in [0.1, 0.15) is 12.0 Å². The molecule has 5 heteroatoms.